The van der Waals surface area contributed by atoms with Crippen LogP contribution in [-0.4, -0.2) is 0 Å². The molecule has 0 amide bonds. The third-order valence-corrected chi connectivity index (χ3v) is 7.75. The second kappa shape index (κ2) is 15.2. The van der Waals surface area contributed by atoms with Gasteiger partial charge in [0.2, 0.25) is 0 Å². The molecular formula is C44H36N2O6. The molecule has 0 saturated carbocycles. The fraction of sp³-hybridized carbons (Fsp3) is 0.0455. The molecule has 4 N–H and O–H groups in total. The molecule has 0 bridgehead atoms. The number of nitrogens with two attached hydrogens (primary N) is 2. The van der Waals surface area contributed by atoms with Crippen LogP contribution < -0.4 is 39.9 Å². The van der Waals surface area contributed by atoms with Crippen molar-refractivity contribution >= 4 is 11.4 Å². The van der Waals surface area contributed by atoms with Crippen LogP contribution in [0.5, 0.6) is 69.0 Å². The summed E-state index contributed by atoms with van der Waals surface area (Å²) in [6.07, 6.45) is 0. The number of ether oxygens (including phenoxy) is 6. The molecule has 7 aromatic carbocycles. The number of hydrogen-bond donors (Lipinski definition) is 2. The van der Waals surface area contributed by atoms with E-state index in [2.05, 4.69) is 0 Å². The highest BCUT2D eigenvalue weighted by molar-refractivity contribution is 5.52. The Bertz CT molecular complexity index is 2150. The molecular weight excluding hydrogens is 652 g/mol. The fourth-order valence-electron chi connectivity index (χ4n) is 5.25. The Balaban J connectivity index is 1.03. The number of hydrogen-bond acceptors (Lipinski definition) is 8. The van der Waals surface area contributed by atoms with E-state index in [1.54, 1.807) is 12.1 Å². The lowest BCUT2D eigenvalue weighted by atomic mass is 10.2. The highest BCUT2D eigenvalue weighted by Crippen LogP contribution is 2.40. The van der Waals surface area contributed by atoms with Crippen molar-refractivity contribution in [3.63, 3.8) is 0 Å². The normalized spacial score (nSPS) is 10.7. The first kappa shape index (κ1) is 33.4. The first-order valence-electron chi connectivity index (χ1n) is 16.6. The lowest BCUT2D eigenvalue weighted by Gasteiger charge is -2.16. The molecule has 8 heteroatoms. The second-order valence-corrected chi connectivity index (χ2v) is 12.1. The van der Waals surface area contributed by atoms with Crippen LogP contribution in [0.1, 0.15) is 11.1 Å². The number of nitrogen functional groups attached to an aromatic ring is 2. The second-order valence-electron chi connectivity index (χ2n) is 12.1. The number of anilines is 2. The zero-order valence-electron chi connectivity index (χ0n) is 28.6. The van der Waals surface area contributed by atoms with Crippen LogP contribution in [0.25, 0.3) is 0 Å². The monoisotopic (exact) mass is 688 g/mol. The van der Waals surface area contributed by atoms with E-state index in [0.717, 1.165) is 11.1 Å². The zero-order chi connectivity index (χ0) is 35.9. The molecule has 52 heavy (non-hydrogen) atoms. The van der Waals surface area contributed by atoms with Gasteiger partial charge in [-0.05, 0) is 134 Å². The molecule has 0 aliphatic carbocycles. The van der Waals surface area contributed by atoms with Crippen LogP contribution in [0.3, 0.4) is 0 Å². The summed E-state index contributed by atoms with van der Waals surface area (Å²) in [6, 6.07) is 48.3. The van der Waals surface area contributed by atoms with Gasteiger partial charge in [0.25, 0.3) is 0 Å². The van der Waals surface area contributed by atoms with E-state index in [1.807, 2.05) is 159 Å². The standard InChI is InChI=1S/C44H36N2O6/c1-29-12-22-41(43(24-29)49-35-18-14-33(15-19-35)47-37-8-3-6-31(45)26-37)51-39-10-5-11-40(28-39)52-42-23-13-30(2)25-44(42)50-36-20-16-34(17-21-36)48-38-9-4-7-32(46)27-38/h3-28H,45-46H2,1-2H3. The summed E-state index contributed by atoms with van der Waals surface area (Å²) in [4.78, 5) is 0. The summed E-state index contributed by atoms with van der Waals surface area (Å²) < 4.78 is 37.1. The predicted molar refractivity (Wildman–Crippen MR) is 204 cm³/mol. The summed E-state index contributed by atoms with van der Waals surface area (Å²) in [6.45, 7) is 4.00. The average Bonchev–Trinajstić information content (AvgIpc) is 3.13. The molecule has 0 radical (unpaired) electrons. The quantitative estimate of drug-likeness (QED) is 0.122. The lowest BCUT2D eigenvalue weighted by Crippen LogP contribution is -1.94. The van der Waals surface area contributed by atoms with Crippen molar-refractivity contribution in [2.75, 3.05) is 11.5 Å². The van der Waals surface area contributed by atoms with E-state index < -0.39 is 0 Å². The van der Waals surface area contributed by atoms with E-state index in [-0.39, 0.29) is 0 Å². The van der Waals surface area contributed by atoms with Crippen LogP contribution in [-0.2, 0) is 0 Å². The SMILES string of the molecule is Cc1ccc(Oc2cccc(Oc3ccc(C)cc3Oc3ccc(Oc4cccc(N)c4)cc3)c2)c(Oc2ccc(Oc3cccc(N)c3)cc2)c1. The predicted octanol–water partition coefficient (Wildman–Crippen LogP) is 12.2. The minimum Gasteiger partial charge on any atom is -0.457 e. The maximum atomic E-state index is 6.34. The van der Waals surface area contributed by atoms with Crippen molar-refractivity contribution in [1.29, 1.82) is 0 Å². The van der Waals surface area contributed by atoms with E-state index in [1.165, 1.54) is 0 Å². The Morgan fingerprint density at radius 3 is 1.00 bits per heavy atom. The Morgan fingerprint density at radius 2 is 0.615 bits per heavy atom. The van der Waals surface area contributed by atoms with E-state index in [4.69, 9.17) is 39.9 Å². The van der Waals surface area contributed by atoms with Gasteiger partial charge in [-0.15, -0.1) is 0 Å². The van der Waals surface area contributed by atoms with Crippen LogP contribution in [0.2, 0.25) is 0 Å². The Hall–Kier alpha value is -7.06. The fourth-order valence-corrected chi connectivity index (χ4v) is 5.25. The molecule has 7 rings (SSSR count). The molecule has 258 valence electrons. The molecule has 0 fully saturated rings. The molecule has 0 unspecified atom stereocenters. The van der Waals surface area contributed by atoms with Gasteiger partial charge in [0.05, 0.1) is 0 Å². The number of aryl methyl sites for hydroxylation is 2. The third-order valence-electron chi connectivity index (χ3n) is 7.75. The van der Waals surface area contributed by atoms with Gasteiger partial charge < -0.3 is 39.9 Å². The Kier molecular flexibility index (Phi) is 9.79. The minimum absolute atomic E-state index is 0.547. The van der Waals surface area contributed by atoms with Gasteiger partial charge in [0.15, 0.2) is 23.0 Å². The Labute approximate surface area is 302 Å². The molecule has 8 nitrogen and oxygen atoms in total. The number of benzene rings is 7. The summed E-state index contributed by atoms with van der Waals surface area (Å²) in [5, 5.41) is 0. The van der Waals surface area contributed by atoms with Crippen molar-refractivity contribution in [2.45, 2.75) is 13.8 Å². The summed E-state index contributed by atoms with van der Waals surface area (Å²) in [5.41, 5.74) is 15.1. The molecule has 7 aromatic rings. The summed E-state index contributed by atoms with van der Waals surface area (Å²) in [7, 11) is 0. The van der Waals surface area contributed by atoms with Crippen molar-refractivity contribution in [1.82, 2.24) is 0 Å². The zero-order valence-corrected chi connectivity index (χ0v) is 28.6. The van der Waals surface area contributed by atoms with Gasteiger partial charge in [0, 0.05) is 29.6 Å². The van der Waals surface area contributed by atoms with Gasteiger partial charge in [0.1, 0.15) is 46.0 Å². The van der Waals surface area contributed by atoms with Gasteiger partial charge in [-0.25, -0.2) is 0 Å². The van der Waals surface area contributed by atoms with E-state index in [9.17, 15) is 0 Å². The highest BCUT2D eigenvalue weighted by atomic mass is 16.5. The van der Waals surface area contributed by atoms with E-state index >= 15 is 0 Å². The minimum atomic E-state index is 0.547. The number of rotatable bonds is 12. The molecule has 0 heterocycles. The van der Waals surface area contributed by atoms with Crippen LogP contribution >= 0.6 is 0 Å². The van der Waals surface area contributed by atoms with Gasteiger partial charge in [-0.1, -0.05) is 30.3 Å². The first-order valence-corrected chi connectivity index (χ1v) is 16.6. The van der Waals surface area contributed by atoms with Crippen LogP contribution in [0.4, 0.5) is 11.4 Å². The molecule has 0 spiro atoms. The topological polar surface area (TPSA) is 107 Å². The third kappa shape index (κ3) is 8.74. The Morgan fingerprint density at radius 1 is 0.288 bits per heavy atom. The molecule has 0 aromatic heterocycles. The molecule has 0 atom stereocenters. The maximum absolute atomic E-state index is 6.34. The van der Waals surface area contributed by atoms with Crippen LogP contribution in [0, 0.1) is 13.8 Å². The van der Waals surface area contributed by atoms with Gasteiger partial charge in [-0.3, -0.25) is 0 Å². The largest absolute Gasteiger partial charge is 0.457 e. The molecule has 0 saturated heterocycles. The average molecular weight is 689 g/mol. The molecule has 0 aliphatic heterocycles. The summed E-state index contributed by atoms with van der Waals surface area (Å²) in [5.74, 6) is 7.26. The van der Waals surface area contributed by atoms with Crippen molar-refractivity contribution in [2.24, 2.45) is 0 Å². The lowest BCUT2D eigenvalue weighted by molar-refractivity contribution is 0.406. The maximum Gasteiger partial charge on any atom is 0.170 e. The molecule has 0 aliphatic rings. The van der Waals surface area contributed by atoms with Gasteiger partial charge >= 0.3 is 0 Å². The smallest absolute Gasteiger partial charge is 0.170 e. The summed E-state index contributed by atoms with van der Waals surface area (Å²) >= 11 is 0. The first-order chi connectivity index (χ1) is 25.3. The van der Waals surface area contributed by atoms with Crippen molar-refractivity contribution in [3.8, 4) is 69.0 Å². The van der Waals surface area contributed by atoms with Gasteiger partial charge in [-0.2, -0.15) is 0 Å². The van der Waals surface area contributed by atoms with Crippen molar-refractivity contribution < 1.29 is 28.4 Å². The highest BCUT2D eigenvalue weighted by Gasteiger charge is 2.13. The van der Waals surface area contributed by atoms with E-state index in [0.29, 0.717) is 80.4 Å². The van der Waals surface area contributed by atoms with Crippen molar-refractivity contribution in [3.05, 3.63) is 169 Å². The van der Waals surface area contributed by atoms with Crippen LogP contribution in [0.15, 0.2) is 158 Å².